The van der Waals surface area contributed by atoms with E-state index in [4.69, 9.17) is 15.2 Å². The lowest BCUT2D eigenvalue weighted by Crippen LogP contribution is -2.26. The summed E-state index contributed by atoms with van der Waals surface area (Å²) >= 11 is 0. The molecule has 1 amide bonds. The van der Waals surface area contributed by atoms with E-state index in [0.717, 1.165) is 22.9 Å². The largest absolute Gasteiger partial charge is 0.454 e. The van der Waals surface area contributed by atoms with Crippen LogP contribution >= 0.6 is 0 Å². The number of anilines is 1. The number of H-pyrrole nitrogens is 1. The molecular formula is C21H18N4O3. The number of carbonyl (C=O) groups is 1. The van der Waals surface area contributed by atoms with Gasteiger partial charge in [0.05, 0.1) is 11.1 Å². The second-order valence-electron chi connectivity index (χ2n) is 6.68. The average Bonchev–Trinajstić information content (AvgIpc) is 3.32. The lowest BCUT2D eigenvalue weighted by atomic mass is 10.1. The van der Waals surface area contributed by atoms with Crippen LogP contribution in [0.15, 0.2) is 48.7 Å². The Morgan fingerprint density at radius 3 is 2.89 bits per heavy atom. The highest BCUT2D eigenvalue weighted by atomic mass is 16.7. The number of nitrogens with one attached hydrogen (secondary N) is 2. The van der Waals surface area contributed by atoms with Gasteiger partial charge in [0.2, 0.25) is 6.79 Å². The molecule has 0 atom stereocenters. The molecule has 0 radical (unpaired) electrons. The zero-order valence-corrected chi connectivity index (χ0v) is 15.0. The van der Waals surface area contributed by atoms with Gasteiger partial charge in [0.25, 0.3) is 5.91 Å². The number of amides is 1. The molecule has 0 saturated heterocycles. The first-order valence-corrected chi connectivity index (χ1v) is 9.02. The Hall–Kier alpha value is -3.74. The van der Waals surface area contributed by atoms with E-state index in [1.165, 1.54) is 5.39 Å². The molecule has 2 aromatic carbocycles. The van der Waals surface area contributed by atoms with Crippen LogP contribution in [0.2, 0.25) is 0 Å². The summed E-state index contributed by atoms with van der Waals surface area (Å²) in [5.41, 5.74) is 9.29. The van der Waals surface area contributed by atoms with Gasteiger partial charge in [0.1, 0.15) is 5.82 Å². The minimum Gasteiger partial charge on any atom is -0.454 e. The zero-order chi connectivity index (χ0) is 19.1. The molecule has 0 spiro atoms. The lowest BCUT2D eigenvalue weighted by Gasteiger charge is -2.09. The molecule has 1 aliphatic rings. The fraction of sp³-hybridized carbons (Fsp3) is 0.143. The van der Waals surface area contributed by atoms with Crippen molar-refractivity contribution in [1.29, 1.82) is 0 Å². The van der Waals surface area contributed by atoms with Gasteiger partial charge in [0.15, 0.2) is 11.5 Å². The molecule has 4 N–H and O–H groups in total. The third-order valence-electron chi connectivity index (χ3n) is 4.94. The first kappa shape index (κ1) is 16.4. The van der Waals surface area contributed by atoms with Crippen LogP contribution in [-0.2, 0) is 6.42 Å². The van der Waals surface area contributed by atoms with E-state index in [1.807, 2.05) is 30.5 Å². The van der Waals surface area contributed by atoms with Crippen molar-refractivity contribution in [2.45, 2.75) is 6.42 Å². The number of aromatic nitrogens is 2. The second kappa shape index (κ2) is 6.45. The number of nitrogen functional groups attached to an aromatic ring is 1. The molecule has 0 unspecified atom stereocenters. The molecule has 0 saturated carbocycles. The maximum Gasteiger partial charge on any atom is 0.255 e. The standard InChI is InChI=1S/C21H18N4O3/c22-20-15(7-13-8-18-19(28-11-27-18)9-17(13)25-20)21(26)23-6-5-12-10-24-16-4-2-1-3-14(12)16/h1-4,7-10,24H,5-6,11H2,(H2,22,25)(H,23,26). The van der Waals surface area contributed by atoms with Crippen LogP contribution in [0.3, 0.4) is 0 Å². The predicted octanol–water partition coefficient (Wildman–Crippen LogP) is 3.00. The van der Waals surface area contributed by atoms with E-state index in [9.17, 15) is 4.79 Å². The summed E-state index contributed by atoms with van der Waals surface area (Å²) in [6, 6.07) is 13.4. The van der Waals surface area contributed by atoms with Gasteiger partial charge < -0.3 is 25.5 Å². The fourth-order valence-corrected chi connectivity index (χ4v) is 3.51. The van der Waals surface area contributed by atoms with Gasteiger partial charge in [-0.15, -0.1) is 0 Å². The van der Waals surface area contributed by atoms with Gasteiger partial charge in [0, 0.05) is 35.1 Å². The SMILES string of the molecule is Nc1nc2cc3c(cc2cc1C(=O)NCCc1c[nH]c2ccccc12)OCO3. The molecule has 0 aliphatic carbocycles. The highest BCUT2D eigenvalue weighted by Crippen LogP contribution is 2.36. The van der Waals surface area contributed by atoms with Crippen LogP contribution in [-0.4, -0.2) is 29.2 Å². The number of hydrogen-bond acceptors (Lipinski definition) is 5. The quantitative estimate of drug-likeness (QED) is 0.510. The minimum absolute atomic E-state index is 0.183. The van der Waals surface area contributed by atoms with Crippen molar-refractivity contribution in [3.05, 3.63) is 59.8 Å². The summed E-state index contributed by atoms with van der Waals surface area (Å²) in [4.78, 5) is 20.2. The summed E-state index contributed by atoms with van der Waals surface area (Å²) in [5, 5.41) is 4.88. The van der Waals surface area contributed by atoms with Crippen LogP contribution < -0.4 is 20.5 Å². The minimum atomic E-state index is -0.246. The van der Waals surface area contributed by atoms with E-state index in [1.54, 1.807) is 12.1 Å². The molecule has 7 nitrogen and oxygen atoms in total. The molecule has 0 fully saturated rings. The smallest absolute Gasteiger partial charge is 0.255 e. The number of hydrogen-bond donors (Lipinski definition) is 3. The van der Waals surface area contributed by atoms with Crippen LogP contribution in [0, 0.1) is 0 Å². The topological polar surface area (TPSA) is 102 Å². The molecular weight excluding hydrogens is 356 g/mol. The molecule has 140 valence electrons. The van der Waals surface area contributed by atoms with Gasteiger partial charge >= 0.3 is 0 Å². The summed E-state index contributed by atoms with van der Waals surface area (Å²) in [6.07, 6.45) is 2.70. The van der Waals surface area contributed by atoms with Gasteiger partial charge in [-0.05, 0) is 30.2 Å². The third kappa shape index (κ3) is 2.77. The number of fused-ring (bicyclic) bond motifs is 3. The Morgan fingerprint density at radius 2 is 2.00 bits per heavy atom. The molecule has 5 rings (SSSR count). The molecule has 3 heterocycles. The van der Waals surface area contributed by atoms with Gasteiger partial charge in [-0.2, -0.15) is 0 Å². The molecule has 2 aromatic heterocycles. The van der Waals surface area contributed by atoms with Crippen molar-refractivity contribution in [2.75, 3.05) is 19.1 Å². The number of para-hydroxylation sites is 1. The van der Waals surface area contributed by atoms with E-state index >= 15 is 0 Å². The van der Waals surface area contributed by atoms with Crippen LogP contribution in [0.5, 0.6) is 11.5 Å². The van der Waals surface area contributed by atoms with E-state index in [0.29, 0.717) is 29.1 Å². The van der Waals surface area contributed by atoms with Crippen molar-refractivity contribution >= 4 is 33.5 Å². The van der Waals surface area contributed by atoms with E-state index < -0.39 is 0 Å². The predicted molar refractivity (Wildman–Crippen MR) is 107 cm³/mol. The Labute approximate surface area is 160 Å². The van der Waals surface area contributed by atoms with Crippen LogP contribution in [0.1, 0.15) is 15.9 Å². The Kier molecular flexibility index (Phi) is 3.79. The van der Waals surface area contributed by atoms with Gasteiger partial charge in [-0.1, -0.05) is 18.2 Å². The monoisotopic (exact) mass is 374 g/mol. The first-order valence-electron chi connectivity index (χ1n) is 9.02. The maximum atomic E-state index is 12.6. The normalized spacial score (nSPS) is 12.6. The first-order chi connectivity index (χ1) is 13.7. The van der Waals surface area contributed by atoms with Gasteiger partial charge in [-0.3, -0.25) is 4.79 Å². The third-order valence-corrected chi connectivity index (χ3v) is 4.94. The number of pyridine rings is 1. The highest BCUT2D eigenvalue weighted by Gasteiger charge is 2.18. The summed E-state index contributed by atoms with van der Waals surface area (Å²) in [6.45, 7) is 0.682. The summed E-state index contributed by atoms with van der Waals surface area (Å²) in [7, 11) is 0. The number of nitrogens with zero attached hydrogens (tertiary/aromatic N) is 1. The average molecular weight is 374 g/mol. The Bertz CT molecular complexity index is 1220. The van der Waals surface area contributed by atoms with E-state index in [2.05, 4.69) is 21.4 Å². The van der Waals surface area contributed by atoms with Crippen molar-refractivity contribution < 1.29 is 14.3 Å². The number of nitrogens with two attached hydrogens (primary N) is 1. The second-order valence-corrected chi connectivity index (χ2v) is 6.68. The van der Waals surface area contributed by atoms with E-state index in [-0.39, 0.29) is 18.5 Å². The van der Waals surface area contributed by atoms with Gasteiger partial charge in [-0.25, -0.2) is 4.98 Å². The van der Waals surface area contributed by atoms with Crippen LogP contribution in [0.25, 0.3) is 21.8 Å². The Balaban J connectivity index is 1.34. The van der Waals surface area contributed by atoms with Crippen molar-refractivity contribution in [2.24, 2.45) is 0 Å². The summed E-state index contributed by atoms with van der Waals surface area (Å²) in [5.74, 6) is 1.22. The van der Waals surface area contributed by atoms with Crippen molar-refractivity contribution in [3.63, 3.8) is 0 Å². The molecule has 4 aromatic rings. The fourth-order valence-electron chi connectivity index (χ4n) is 3.51. The summed E-state index contributed by atoms with van der Waals surface area (Å²) < 4.78 is 10.8. The van der Waals surface area contributed by atoms with Crippen LogP contribution in [0.4, 0.5) is 5.82 Å². The lowest BCUT2D eigenvalue weighted by molar-refractivity contribution is 0.0955. The number of rotatable bonds is 4. The molecule has 28 heavy (non-hydrogen) atoms. The molecule has 0 bridgehead atoms. The number of ether oxygens (including phenoxy) is 2. The number of carbonyl (C=O) groups excluding carboxylic acids is 1. The number of aromatic amines is 1. The molecule has 7 heteroatoms. The number of benzene rings is 2. The highest BCUT2D eigenvalue weighted by molar-refractivity contribution is 6.02. The Morgan fingerprint density at radius 1 is 1.18 bits per heavy atom. The molecule has 1 aliphatic heterocycles. The maximum absolute atomic E-state index is 12.6. The van der Waals surface area contributed by atoms with Crippen molar-refractivity contribution in [1.82, 2.24) is 15.3 Å². The van der Waals surface area contributed by atoms with Crippen molar-refractivity contribution in [3.8, 4) is 11.5 Å². The zero-order valence-electron chi connectivity index (χ0n) is 15.0.